The second kappa shape index (κ2) is 12.1. The van der Waals surface area contributed by atoms with Gasteiger partial charge in [-0.3, -0.25) is 4.79 Å². The molecule has 0 aliphatic rings. The molecule has 0 saturated carbocycles. The van der Waals surface area contributed by atoms with Gasteiger partial charge in [0, 0.05) is 5.56 Å². The predicted molar refractivity (Wildman–Crippen MR) is 115 cm³/mol. The fourth-order valence-corrected chi connectivity index (χ4v) is 2.72. The molecular weight excluding hydrogens is 400 g/mol. The number of aliphatic imine (C=N–C) groups is 1. The van der Waals surface area contributed by atoms with Crippen molar-refractivity contribution in [2.45, 2.75) is 39.0 Å². The molecule has 0 saturated heterocycles. The summed E-state index contributed by atoms with van der Waals surface area (Å²) in [4.78, 5) is 40.5. The maximum absolute atomic E-state index is 12.5. The van der Waals surface area contributed by atoms with Gasteiger partial charge in [-0.2, -0.15) is 0 Å². The van der Waals surface area contributed by atoms with Crippen molar-refractivity contribution in [2.75, 3.05) is 6.61 Å². The zero-order valence-electron chi connectivity index (χ0n) is 17.5. The van der Waals surface area contributed by atoms with Gasteiger partial charge in [-0.15, -0.1) is 0 Å². The third-order valence-electron chi connectivity index (χ3n) is 4.27. The van der Waals surface area contributed by atoms with Crippen molar-refractivity contribution in [1.29, 1.82) is 0 Å². The number of carbonyl (C=O) groups excluding carboxylic acids is 2. The molecule has 2 rings (SSSR count). The van der Waals surface area contributed by atoms with Crippen LogP contribution in [0.1, 0.15) is 36.2 Å². The molecule has 0 aliphatic carbocycles. The van der Waals surface area contributed by atoms with E-state index in [1.165, 1.54) is 0 Å². The van der Waals surface area contributed by atoms with Crippen LogP contribution in [0.15, 0.2) is 65.7 Å². The number of nitrogens with one attached hydrogen (secondary N) is 1. The highest BCUT2D eigenvalue weighted by atomic mass is 16.5. The quantitative estimate of drug-likeness (QED) is 0.342. The zero-order chi connectivity index (χ0) is 22.6. The van der Waals surface area contributed by atoms with E-state index in [9.17, 15) is 19.5 Å². The predicted octanol–water partition coefficient (Wildman–Crippen LogP) is 3.46. The molecule has 31 heavy (non-hydrogen) atoms. The first-order valence-electron chi connectivity index (χ1n) is 9.89. The van der Waals surface area contributed by atoms with E-state index in [4.69, 9.17) is 9.47 Å². The lowest BCUT2D eigenvalue weighted by Crippen LogP contribution is -2.43. The molecule has 0 radical (unpaired) electrons. The Morgan fingerprint density at radius 2 is 1.61 bits per heavy atom. The van der Waals surface area contributed by atoms with Crippen LogP contribution in [0.5, 0.6) is 0 Å². The molecule has 0 fully saturated rings. The van der Waals surface area contributed by atoms with Gasteiger partial charge in [-0.05, 0) is 19.4 Å². The van der Waals surface area contributed by atoms with Gasteiger partial charge in [-0.25, -0.2) is 14.6 Å². The van der Waals surface area contributed by atoms with Gasteiger partial charge >= 0.3 is 12.1 Å². The first-order valence-corrected chi connectivity index (χ1v) is 9.89. The summed E-state index contributed by atoms with van der Waals surface area (Å²) in [6, 6.07) is 15.6. The lowest BCUT2D eigenvalue weighted by molar-refractivity contribution is -0.139. The third-order valence-corrected chi connectivity index (χ3v) is 4.27. The number of alkyl carbamates (subject to hydrolysis) is 1. The summed E-state index contributed by atoms with van der Waals surface area (Å²) in [7, 11) is 0. The molecule has 8 nitrogen and oxygen atoms in total. The van der Waals surface area contributed by atoms with Crippen molar-refractivity contribution in [2.24, 2.45) is 4.99 Å². The number of benzene rings is 2. The highest BCUT2D eigenvalue weighted by Crippen LogP contribution is 2.09. The molecule has 8 heteroatoms. The minimum atomic E-state index is -1.33. The van der Waals surface area contributed by atoms with Crippen molar-refractivity contribution in [3.63, 3.8) is 0 Å². The summed E-state index contributed by atoms with van der Waals surface area (Å²) >= 11 is 0. The second-order valence-electron chi connectivity index (χ2n) is 6.66. The number of ketones is 1. The number of nitrogens with zero attached hydrogens (tertiary/aromatic N) is 1. The van der Waals surface area contributed by atoms with Crippen molar-refractivity contribution in [1.82, 2.24) is 5.32 Å². The number of carboxylic acids is 1. The minimum Gasteiger partial charge on any atom is -0.481 e. The van der Waals surface area contributed by atoms with Gasteiger partial charge in [-0.1, -0.05) is 60.7 Å². The summed E-state index contributed by atoms with van der Waals surface area (Å²) in [5, 5.41) is 11.8. The van der Waals surface area contributed by atoms with Crippen molar-refractivity contribution in [3.8, 4) is 0 Å². The Morgan fingerprint density at radius 3 is 2.19 bits per heavy atom. The molecule has 0 heterocycles. The van der Waals surface area contributed by atoms with Crippen LogP contribution in [0.4, 0.5) is 4.79 Å². The zero-order valence-corrected chi connectivity index (χ0v) is 17.5. The largest absolute Gasteiger partial charge is 0.481 e. The molecule has 2 aromatic carbocycles. The molecule has 164 valence electrons. The fraction of sp³-hybridized carbons (Fsp3) is 0.304. The average molecular weight is 426 g/mol. The number of rotatable bonds is 10. The lowest BCUT2D eigenvalue weighted by Gasteiger charge is -2.17. The number of aliphatic carboxylic acids is 1. The van der Waals surface area contributed by atoms with Crippen LogP contribution < -0.4 is 5.32 Å². The average Bonchev–Trinajstić information content (AvgIpc) is 2.78. The van der Waals surface area contributed by atoms with E-state index in [1.807, 2.05) is 6.07 Å². The Balaban J connectivity index is 2.02. The third kappa shape index (κ3) is 7.93. The number of ether oxygens (including phenoxy) is 2. The SMILES string of the molecule is CCOC(C[C@H](NC(=O)OCc1ccccc1)C(=O)O)=NC(C)C(=O)c1ccccc1. The number of carbonyl (C=O) groups is 3. The number of hydrogen-bond donors (Lipinski definition) is 2. The van der Waals surface area contributed by atoms with Crippen LogP contribution in [0.2, 0.25) is 0 Å². The molecule has 2 N–H and O–H groups in total. The molecule has 0 aromatic heterocycles. The van der Waals surface area contributed by atoms with Crippen LogP contribution >= 0.6 is 0 Å². The summed E-state index contributed by atoms with van der Waals surface area (Å²) in [5.41, 5.74) is 1.27. The summed E-state index contributed by atoms with van der Waals surface area (Å²) in [6.07, 6.45) is -1.10. The first-order chi connectivity index (χ1) is 14.9. The fourth-order valence-electron chi connectivity index (χ4n) is 2.72. The maximum atomic E-state index is 12.5. The topological polar surface area (TPSA) is 114 Å². The van der Waals surface area contributed by atoms with E-state index in [2.05, 4.69) is 10.3 Å². The Bertz CT molecular complexity index is 899. The molecule has 0 spiro atoms. The summed E-state index contributed by atoms with van der Waals surface area (Å²) < 4.78 is 10.5. The first kappa shape index (κ1) is 23.6. The highest BCUT2D eigenvalue weighted by molar-refractivity contribution is 6.01. The van der Waals surface area contributed by atoms with E-state index >= 15 is 0 Å². The minimum absolute atomic E-state index is 0.00797. The van der Waals surface area contributed by atoms with E-state index in [-0.39, 0.29) is 31.3 Å². The molecule has 2 atom stereocenters. The van der Waals surface area contributed by atoms with Crippen LogP contribution in [0, 0.1) is 0 Å². The Hall–Kier alpha value is -3.68. The molecule has 0 aliphatic heterocycles. The number of carboxylic acid groups (broad SMARTS) is 1. The van der Waals surface area contributed by atoms with Crippen molar-refractivity contribution in [3.05, 3.63) is 71.8 Å². The lowest BCUT2D eigenvalue weighted by atomic mass is 10.1. The van der Waals surface area contributed by atoms with Crippen molar-refractivity contribution < 1.29 is 29.0 Å². The Morgan fingerprint density at radius 1 is 1.00 bits per heavy atom. The van der Waals surface area contributed by atoms with Crippen LogP contribution in [-0.2, 0) is 20.9 Å². The molecule has 1 amide bonds. The van der Waals surface area contributed by atoms with E-state index in [0.717, 1.165) is 5.56 Å². The smallest absolute Gasteiger partial charge is 0.408 e. The van der Waals surface area contributed by atoms with Crippen LogP contribution in [0.3, 0.4) is 0 Å². The standard InChI is InChI=1S/C23H26N2O6/c1-3-30-20(24-16(2)21(26)18-12-8-5-9-13-18)14-19(22(27)28)25-23(29)31-15-17-10-6-4-7-11-17/h4-13,16,19H,3,14-15H2,1-2H3,(H,25,29)(H,27,28)/t16?,19-/m0/s1. The van der Waals surface area contributed by atoms with Gasteiger partial charge < -0.3 is 19.9 Å². The number of Topliss-reactive ketones (excluding diaryl/α,β-unsaturated/α-hetero) is 1. The van der Waals surface area contributed by atoms with Crippen LogP contribution in [0.25, 0.3) is 0 Å². The van der Waals surface area contributed by atoms with Gasteiger partial charge in [0.2, 0.25) is 0 Å². The van der Waals surface area contributed by atoms with E-state index in [0.29, 0.717) is 5.56 Å². The van der Waals surface area contributed by atoms with E-state index < -0.39 is 24.1 Å². The molecular formula is C23H26N2O6. The normalized spacial score (nSPS) is 13.0. The highest BCUT2D eigenvalue weighted by Gasteiger charge is 2.25. The van der Waals surface area contributed by atoms with Crippen molar-refractivity contribution >= 4 is 23.7 Å². The summed E-state index contributed by atoms with van der Waals surface area (Å²) in [5.74, 6) is -1.43. The van der Waals surface area contributed by atoms with Gasteiger partial charge in [0.05, 0.1) is 13.0 Å². The van der Waals surface area contributed by atoms with Crippen LogP contribution in [-0.4, -0.2) is 47.5 Å². The number of hydrogen-bond acceptors (Lipinski definition) is 6. The van der Waals surface area contributed by atoms with Gasteiger partial charge in [0.15, 0.2) is 11.7 Å². The van der Waals surface area contributed by atoms with Gasteiger partial charge in [0.1, 0.15) is 18.7 Å². The molecule has 1 unspecified atom stereocenters. The Labute approximate surface area is 180 Å². The summed E-state index contributed by atoms with van der Waals surface area (Å²) in [6.45, 7) is 3.56. The number of amides is 1. The Kier molecular flexibility index (Phi) is 9.22. The molecule has 2 aromatic rings. The molecule has 0 bridgehead atoms. The van der Waals surface area contributed by atoms with Gasteiger partial charge in [0.25, 0.3) is 0 Å². The van der Waals surface area contributed by atoms with E-state index in [1.54, 1.807) is 68.4 Å². The second-order valence-corrected chi connectivity index (χ2v) is 6.66. The maximum Gasteiger partial charge on any atom is 0.408 e. The monoisotopic (exact) mass is 426 g/mol.